The first-order valence-corrected chi connectivity index (χ1v) is 15.5. The van der Waals surface area contributed by atoms with Crippen LogP contribution in [0.25, 0.3) is 32.8 Å². The van der Waals surface area contributed by atoms with Crippen LogP contribution in [0.2, 0.25) is 0 Å². The predicted octanol–water partition coefficient (Wildman–Crippen LogP) is 11.0. The van der Waals surface area contributed by atoms with E-state index in [9.17, 15) is 9.90 Å². The SMILES string of the molecule is C.CC1(C)CCCc2cccc3c(-c4[c-]ccc5ccccc45)ncc1c23.CCC(CC)C(=O)C=C(O)C(CC)CC.[Ir]. The number of aliphatic hydroxyl groups excluding tert-OH is 1. The second kappa shape index (κ2) is 16.3. The summed E-state index contributed by atoms with van der Waals surface area (Å²) in [4.78, 5) is 16.7. The number of aromatic nitrogens is 1. The fraction of sp³-hybridized carbons (Fsp3) is 0.436. The zero-order valence-electron chi connectivity index (χ0n) is 26.1. The number of hydrogen-bond donors (Lipinski definition) is 1. The maximum atomic E-state index is 11.7. The molecule has 0 amide bonds. The van der Waals surface area contributed by atoms with Crippen LogP contribution in [0.1, 0.15) is 98.6 Å². The summed E-state index contributed by atoms with van der Waals surface area (Å²) >= 11 is 0. The Hall–Kier alpha value is -2.81. The van der Waals surface area contributed by atoms with Crippen molar-refractivity contribution in [3.63, 3.8) is 0 Å². The van der Waals surface area contributed by atoms with Crippen molar-refractivity contribution < 1.29 is 30.0 Å². The van der Waals surface area contributed by atoms with E-state index in [2.05, 4.69) is 74.6 Å². The van der Waals surface area contributed by atoms with Crippen molar-refractivity contribution in [2.24, 2.45) is 11.8 Å². The summed E-state index contributed by atoms with van der Waals surface area (Å²) in [6.45, 7) is 12.8. The number of fused-ring (bicyclic) bond motifs is 1. The standard InChI is InChI=1S/C25H22N.C13H24O2.CH4.Ir/c1-25(2)15-7-11-18-10-6-14-21-23(18)22(25)16-26-24(21)20-13-5-9-17-8-3-4-12-19(17)20;1-5-10(6-2)12(14)9-13(15)11(7-3)8-4;;/h3-6,8-10,12,14,16H,7,11,15H2,1-2H3;9-11,14H,5-8H2,1-4H3;1H4;/q-1;;;. The van der Waals surface area contributed by atoms with Gasteiger partial charge in [-0.3, -0.25) is 4.79 Å². The van der Waals surface area contributed by atoms with Crippen LogP contribution in [0.4, 0.5) is 0 Å². The van der Waals surface area contributed by atoms with Crippen molar-refractivity contribution in [2.45, 2.75) is 99.3 Å². The summed E-state index contributed by atoms with van der Waals surface area (Å²) in [5, 5.41) is 14.9. The summed E-state index contributed by atoms with van der Waals surface area (Å²) in [7, 11) is 0. The summed E-state index contributed by atoms with van der Waals surface area (Å²) in [6.07, 6.45) is 10.6. The Kier molecular flexibility index (Phi) is 13.8. The van der Waals surface area contributed by atoms with Gasteiger partial charge in [0.2, 0.25) is 0 Å². The average Bonchev–Trinajstić information content (AvgIpc) is 3.11. The molecule has 0 bridgehead atoms. The molecule has 3 aromatic carbocycles. The average molecular weight is 757 g/mol. The molecule has 0 atom stereocenters. The molecule has 0 saturated carbocycles. The van der Waals surface area contributed by atoms with Gasteiger partial charge in [0.1, 0.15) is 0 Å². The zero-order valence-corrected chi connectivity index (χ0v) is 28.5. The molecule has 0 unspecified atom stereocenters. The van der Waals surface area contributed by atoms with Gasteiger partial charge in [-0.1, -0.05) is 96.8 Å². The van der Waals surface area contributed by atoms with Gasteiger partial charge in [-0.15, -0.1) is 29.1 Å². The number of rotatable bonds is 8. The molecule has 43 heavy (non-hydrogen) atoms. The van der Waals surface area contributed by atoms with Gasteiger partial charge < -0.3 is 10.1 Å². The Bertz CT molecular complexity index is 1520. The molecule has 1 N–H and O–H groups in total. The van der Waals surface area contributed by atoms with Gasteiger partial charge in [-0.2, -0.15) is 0 Å². The molecule has 0 spiro atoms. The Labute approximate surface area is 273 Å². The van der Waals surface area contributed by atoms with Crippen LogP contribution in [0, 0.1) is 17.9 Å². The Morgan fingerprint density at radius 2 is 1.60 bits per heavy atom. The van der Waals surface area contributed by atoms with Crippen LogP contribution >= 0.6 is 0 Å². The van der Waals surface area contributed by atoms with E-state index in [0.717, 1.165) is 43.4 Å². The number of allylic oxidation sites excluding steroid dienone is 2. The van der Waals surface area contributed by atoms with Gasteiger partial charge in [-0.05, 0) is 78.0 Å². The van der Waals surface area contributed by atoms with Crippen LogP contribution in [-0.2, 0) is 36.7 Å². The smallest absolute Gasteiger partial charge is 0.162 e. The number of nitrogens with zero attached hydrogens (tertiary/aromatic N) is 1. The Morgan fingerprint density at radius 1 is 0.953 bits per heavy atom. The zero-order chi connectivity index (χ0) is 29.6. The van der Waals surface area contributed by atoms with E-state index < -0.39 is 0 Å². The molecule has 1 aliphatic carbocycles. The van der Waals surface area contributed by atoms with Gasteiger partial charge in [0.15, 0.2) is 5.78 Å². The third kappa shape index (κ3) is 8.02. The molecule has 1 radical (unpaired) electrons. The Morgan fingerprint density at radius 3 is 2.28 bits per heavy atom. The second-order valence-corrected chi connectivity index (χ2v) is 12.0. The van der Waals surface area contributed by atoms with Crippen LogP contribution in [0.15, 0.2) is 72.6 Å². The van der Waals surface area contributed by atoms with Crippen molar-refractivity contribution in [1.29, 1.82) is 0 Å². The number of benzene rings is 3. The maximum absolute atomic E-state index is 11.7. The van der Waals surface area contributed by atoms with E-state index in [1.54, 1.807) is 0 Å². The molecular formula is C39H50IrNO2-. The summed E-state index contributed by atoms with van der Waals surface area (Å²) in [6, 6.07) is 22.9. The number of hydrogen-bond acceptors (Lipinski definition) is 3. The van der Waals surface area contributed by atoms with Gasteiger partial charge in [0, 0.05) is 44.2 Å². The Balaban J connectivity index is 0.000000332. The molecule has 4 heteroatoms. The molecule has 0 saturated heterocycles. The minimum atomic E-state index is 0. The minimum Gasteiger partial charge on any atom is -0.512 e. The van der Waals surface area contributed by atoms with Crippen molar-refractivity contribution in [2.75, 3.05) is 0 Å². The number of carbonyl (C=O) groups is 1. The fourth-order valence-electron chi connectivity index (χ4n) is 6.29. The van der Waals surface area contributed by atoms with E-state index in [4.69, 9.17) is 4.98 Å². The van der Waals surface area contributed by atoms with E-state index in [1.165, 1.54) is 51.6 Å². The van der Waals surface area contributed by atoms with Crippen molar-refractivity contribution in [3.05, 3.63) is 89.8 Å². The van der Waals surface area contributed by atoms with Crippen LogP contribution in [0.5, 0.6) is 0 Å². The number of carbonyl (C=O) groups excluding carboxylic acids is 1. The van der Waals surface area contributed by atoms with E-state index >= 15 is 0 Å². The summed E-state index contributed by atoms with van der Waals surface area (Å²) in [5.41, 5.74) is 5.18. The molecular weight excluding hydrogens is 707 g/mol. The first-order chi connectivity index (χ1) is 19.7. The number of aliphatic hydroxyl groups is 1. The van der Waals surface area contributed by atoms with Crippen molar-refractivity contribution >= 4 is 27.3 Å². The molecule has 1 heterocycles. The van der Waals surface area contributed by atoms with Crippen LogP contribution < -0.4 is 0 Å². The van der Waals surface area contributed by atoms with E-state index in [0.29, 0.717) is 0 Å². The minimum absolute atomic E-state index is 0. The molecule has 1 aliphatic rings. The second-order valence-electron chi connectivity index (χ2n) is 12.0. The van der Waals surface area contributed by atoms with Gasteiger partial charge in [-0.25, -0.2) is 0 Å². The normalized spacial score (nSPS) is 14.0. The number of aryl methyl sites for hydroxylation is 1. The van der Waals surface area contributed by atoms with Crippen molar-refractivity contribution in [1.82, 2.24) is 4.98 Å². The third-order valence-electron chi connectivity index (χ3n) is 9.01. The van der Waals surface area contributed by atoms with Crippen molar-refractivity contribution in [3.8, 4) is 11.3 Å². The topological polar surface area (TPSA) is 50.2 Å². The first kappa shape index (κ1) is 36.4. The molecule has 233 valence electrons. The number of pyridine rings is 1. The van der Waals surface area contributed by atoms with Gasteiger partial charge in [0.25, 0.3) is 0 Å². The molecule has 3 nitrogen and oxygen atoms in total. The van der Waals surface area contributed by atoms with Crippen LogP contribution in [-0.4, -0.2) is 15.9 Å². The molecule has 5 rings (SSSR count). The first-order valence-electron chi connectivity index (χ1n) is 15.5. The van der Waals surface area contributed by atoms with E-state index in [-0.39, 0.29) is 56.3 Å². The molecule has 0 aliphatic heterocycles. The molecule has 4 aromatic rings. The quantitative estimate of drug-likeness (QED) is 0.111. The van der Waals surface area contributed by atoms with E-state index in [1.807, 2.05) is 33.8 Å². The maximum Gasteiger partial charge on any atom is 0.162 e. The largest absolute Gasteiger partial charge is 0.512 e. The summed E-state index contributed by atoms with van der Waals surface area (Å²) < 4.78 is 0. The van der Waals surface area contributed by atoms with Gasteiger partial charge in [0.05, 0.1) is 5.76 Å². The fourth-order valence-corrected chi connectivity index (χ4v) is 6.29. The predicted molar refractivity (Wildman–Crippen MR) is 180 cm³/mol. The molecule has 0 fully saturated rings. The van der Waals surface area contributed by atoms with Crippen LogP contribution in [0.3, 0.4) is 0 Å². The summed E-state index contributed by atoms with van der Waals surface area (Å²) in [5.74, 6) is 0.547. The monoisotopic (exact) mass is 757 g/mol. The number of ketones is 1. The van der Waals surface area contributed by atoms with Gasteiger partial charge >= 0.3 is 0 Å². The molecule has 1 aromatic heterocycles. The third-order valence-corrected chi connectivity index (χ3v) is 9.01.